The minimum atomic E-state index is -3.56. The molecule has 2 unspecified atom stereocenters. The van der Waals surface area contributed by atoms with Gasteiger partial charge < -0.3 is 5.11 Å². The van der Waals surface area contributed by atoms with Crippen LogP contribution in [-0.2, 0) is 14.8 Å². The van der Waals surface area contributed by atoms with E-state index >= 15 is 0 Å². The summed E-state index contributed by atoms with van der Waals surface area (Å²) in [5, 5.41) is 8.79. The van der Waals surface area contributed by atoms with Crippen molar-refractivity contribution in [3.8, 4) is 0 Å². The van der Waals surface area contributed by atoms with E-state index in [0.29, 0.717) is 41.5 Å². The Labute approximate surface area is 181 Å². The quantitative estimate of drug-likeness (QED) is 0.435. The first-order valence-corrected chi connectivity index (χ1v) is 12.6. The number of carboxylic acids is 1. The first-order valence-electron chi connectivity index (χ1n) is 11.1. The number of allylic oxidation sites excluding steroid dienone is 2. The zero-order chi connectivity index (χ0) is 21.9. The van der Waals surface area contributed by atoms with Gasteiger partial charge in [-0.15, -0.1) is 0 Å². The normalized spacial score (nSPS) is 26.4. The standard InChI is InChI=1S/C24H35NO4S/c1-16-13-17(2)24(18(3)14-16)30(28,29)25-15-22-20-11-9-19(10-12-20)21(22)7-5-4-6-8-23(26)27/h5,7,13-14,19-22,25H,4,6,8-12,15H2,1-3H3,(H,26,27)/b7-5-. The fourth-order valence-corrected chi connectivity index (χ4v) is 7.24. The topological polar surface area (TPSA) is 83.5 Å². The number of carbonyl (C=O) groups is 1. The monoisotopic (exact) mass is 433 g/mol. The van der Waals surface area contributed by atoms with Crippen LogP contribution >= 0.6 is 0 Å². The molecule has 2 N–H and O–H groups in total. The summed E-state index contributed by atoms with van der Waals surface area (Å²) in [7, 11) is -3.56. The molecule has 1 aromatic rings. The third-order valence-corrected chi connectivity index (χ3v) is 8.69. The molecule has 0 amide bonds. The molecule has 3 aliphatic rings. The summed E-state index contributed by atoms with van der Waals surface area (Å²) in [5.74, 6) is 1.11. The Morgan fingerprint density at radius 3 is 2.30 bits per heavy atom. The van der Waals surface area contributed by atoms with Gasteiger partial charge in [0.05, 0.1) is 4.90 Å². The number of benzene rings is 1. The van der Waals surface area contributed by atoms with Gasteiger partial charge in [-0.1, -0.05) is 29.8 Å². The lowest BCUT2D eigenvalue weighted by Crippen LogP contribution is -2.45. The van der Waals surface area contributed by atoms with Gasteiger partial charge in [-0.05, 0) is 94.1 Å². The predicted octanol–water partition coefficient (Wildman–Crippen LogP) is 4.75. The molecule has 3 fully saturated rings. The van der Waals surface area contributed by atoms with E-state index in [1.54, 1.807) is 0 Å². The highest BCUT2D eigenvalue weighted by molar-refractivity contribution is 7.89. The minimum absolute atomic E-state index is 0.194. The number of rotatable bonds is 9. The second-order valence-electron chi connectivity index (χ2n) is 9.21. The van der Waals surface area contributed by atoms with Crippen molar-refractivity contribution in [3.05, 3.63) is 41.0 Å². The van der Waals surface area contributed by atoms with E-state index in [-0.39, 0.29) is 6.42 Å². The highest BCUT2D eigenvalue weighted by atomic mass is 32.2. The highest BCUT2D eigenvalue weighted by Crippen LogP contribution is 2.49. The maximum atomic E-state index is 13.1. The lowest BCUT2D eigenvalue weighted by atomic mass is 9.58. The number of hydrogen-bond donors (Lipinski definition) is 2. The van der Waals surface area contributed by atoms with Crippen molar-refractivity contribution in [2.45, 2.75) is 70.6 Å². The van der Waals surface area contributed by atoms with Gasteiger partial charge in [0.2, 0.25) is 10.0 Å². The summed E-state index contributed by atoms with van der Waals surface area (Å²) < 4.78 is 29.2. The summed E-state index contributed by atoms with van der Waals surface area (Å²) in [6, 6.07) is 3.85. The van der Waals surface area contributed by atoms with Crippen LogP contribution in [0.1, 0.15) is 61.6 Å². The Balaban J connectivity index is 1.70. The molecule has 5 nitrogen and oxygen atoms in total. The third-order valence-electron chi connectivity index (χ3n) is 6.96. The van der Waals surface area contributed by atoms with E-state index in [0.717, 1.165) is 23.1 Å². The molecule has 0 radical (unpaired) electrons. The fourth-order valence-electron chi connectivity index (χ4n) is 5.72. The number of nitrogens with one attached hydrogen (secondary N) is 1. The predicted molar refractivity (Wildman–Crippen MR) is 119 cm³/mol. The van der Waals surface area contributed by atoms with E-state index in [1.165, 1.54) is 25.7 Å². The van der Waals surface area contributed by atoms with Crippen LogP contribution in [0.3, 0.4) is 0 Å². The Bertz CT molecular complexity index is 875. The second kappa shape index (κ2) is 9.65. The summed E-state index contributed by atoms with van der Waals surface area (Å²) in [6.45, 7) is 6.18. The van der Waals surface area contributed by atoms with Gasteiger partial charge in [-0.2, -0.15) is 0 Å². The van der Waals surface area contributed by atoms with Crippen molar-refractivity contribution in [1.82, 2.24) is 4.72 Å². The molecule has 4 rings (SSSR count). The summed E-state index contributed by atoms with van der Waals surface area (Å²) in [6.07, 6.45) is 10.8. The number of aryl methyl sites for hydroxylation is 3. The van der Waals surface area contributed by atoms with Crippen LogP contribution in [-0.4, -0.2) is 26.0 Å². The van der Waals surface area contributed by atoms with Crippen LogP contribution < -0.4 is 4.72 Å². The molecule has 0 heterocycles. The van der Waals surface area contributed by atoms with Crippen molar-refractivity contribution in [2.75, 3.05) is 6.54 Å². The molecule has 3 aliphatic carbocycles. The molecule has 2 bridgehead atoms. The van der Waals surface area contributed by atoms with Gasteiger partial charge >= 0.3 is 5.97 Å². The molecule has 1 aromatic carbocycles. The number of sulfonamides is 1. The third kappa shape index (κ3) is 5.33. The number of carboxylic acid groups (broad SMARTS) is 1. The molecule has 0 aliphatic heterocycles. The van der Waals surface area contributed by atoms with Crippen LogP contribution in [0.5, 0.6) is 0 Å². The smallest absolute Gasteiger partial charge is 0.303 e. The largest absolute Gasteiger partial charge is 0.481 e. The first kappa shape index (κ1) is 23.0. The van der Waals surface area contributed by atoms with E-state index in [1.807, 2.05) is 32.9 Å². The van der Waals surface area contributed by atoms with Gasteiger partial charge in [0.1, 0.15) is 0 Å². The molecule has 166 valence electrons. The van der Waals surface area contributed by atoms with E-state index in [4.69, 9.17) is 5.11 Å². The molecule has 0 aromatic heterocycles. The van der Waals surface area contributed by atoms with Gasteiger partial charge in [-0.25, -0.2) is 13.1 Å². The number of unbranched alkanes of at least 4 members (excludes halogenated alkanes) is 1. The van der Waals surface area contributed by atoms with Crippen LogP contribution in [0.2, 0.25) is 0 Å². The van der Waals surface area contributed by atoms with E-state index in [9.17, 15) is 13.2 Å². The molecule has 0 spiro atoms. The number of fused-ring (bicyclic) bond motifs is 3. The number of hydrogen-bond acceptors (Lipinski definition) is 3. The Morgan fingerprint density at radius 2 is 1.70 bits per heavy atom. The summed E-state index contributed by atoms with van der Waals surface area (Å²) in [4.78, 5) is 11.1. The summed E-state index contributed by atoms with van der Waals surface area (Å²) in [5.41, 5.74) is 2.65. The molecule has 0 saturated heterocycles. The van der Waals surface area contributed by atoms with Gasteiger partial charge in [0.25, 0.3) is 0 Å². The molecule has 2 atom stereocenters. The lowest BCUT2D eigenvalue weighted by molar-refractivity contribution is -0.137. The van der Waals surface area contributed by atoms with E-state index in [2.05, 4.69) is 16.9 Å². The molecular formula is C24H35NO4S. The second-order valence-corrected chi connectivity index (χ2v) is 10.9. The van der Waals surface area contributed by atoms with Gasteiger partial charge in [0, 0.05) is 13.0 Å². The maximum Gasteiger partial charge on any atom is 0.303 e. The van der Waals surface area contributed by atoms with Crippen molar-refractivity contribution in [2.24, 2.45) is 23.7 Å². The number of aliphatic carboxylic acids is 1. The zero-order valence-electron chi connectivity index (χ0n) is 18.4. The highest BCUT2D eigenvalue weighted by Gasteiger charge is 2.42. The van der Waals surface area contributed by atoms with E-state index < -0.39 is 16.0 Å². The fraction of sp³-hybridized carbons (Fsp3) is 0.625. The maximum absolute atomic E-state index is 13.1. The van der Waals surface area contributed by atoms with Crippen LogP contribution in [0.25, 0.3) is 0 Å². The SMILES string of the molecule is Cc1cc(C)c(S(=O)(=O)NCC2C3CCC(CC3)C2/C=C\CCCC(=O)O)c(C)c1. The average molecular weight is 434 g/mol. The first-order chi connectivity index (χ1) is 14.2. The molecule has 3 saturated carbocycles. The Hall–Kier alpha value is -1.66. The Morgan fingerprint density at radius 1 is 1.10 bits per heavy atom. The van der Waals surface area contributed by atoms with Crippen molar-refractivity contribution in [1.29, 1.82) is 0 Å². The minimum Gasteiger partial charge on any atom is -0.481 e. The van der Waals surface area contributed by atoms with Crippen LogP contribution in [0.15, 0.2) is 29.2 Å². The van der Waals surface area contributed by atoms with Gasteiger partial charge in [0.15, 0.2) is 0 Å². The van der Waals surface area contributed by atoms with Crippen LogP contribution in [0.4, 0.5) is 0 Å². The van der Waals surface area contributed by atoms with Crippen LogP contribution in [0, 0.1) is 44.4 Å². The Kier molecular flexibility index (Phi) is 7.40. The molecule has 30 heavy (non-hydrogen) atoms. The van der Waals surface area contributed by atoms with Crippen molar-refractivity contribution in [3.63, 3.8) is 0 Å². The van der Waals surface area contributed by atoms with Crippen molar-refractivity contribution >= 4 is 16.0 Å². The van der Waals surface area contributed by atoms with Crippen molar-refractivity contribution < 1.29 is 18.3 Å². The lowest BCUT2D eigenvalue weighted by Gasteiger charge is -2.48. The zero-order valence-corrected chi connectivity index (χ0v) is 19.2. The molecular weight excluding hydrogens is 398 g/mol. The summed E-state index contributed by atoms with van der Waals surface area (Å²) >= 11 is 0. The molecule has 6 heteroatoms. The van der Waals surface area contributed by atoms with Gasteiger partial charge in [-0.3, -0.25) is 4.79 Å². The average Bonchev–Trinajstić information content (AvgIpc) is 2.66.